The summed E-state index contributed by atoms with van der Waals surface area (Å²) in [6, 6.07) is 5.99. The summed E-state index contributed by atoms with van der Waals surface area (Å²) in [5, 5.41) is 0.754. The summed E-state index contributed by atoms with van der Waals surface area (Å²) < 4.78 is 0. The molecule has 2 amide bonds. The first kappa shape index (κ1) is 17.6. The van der Waals surface area contributed by atoms with Crippen LogP contribution in [-0.2, 0) is 9.59 Å². The molecule has 26 heavy (non-hydrogen) atoms. The van der Waals surface area contributed by atoms with Crippen LogP contribution in [-0.4, -0.2) is 49.6 Å². The molecule has 0 spiro atoms. The number of fused-ring (bicyclic) bond motifs is 1. The number of nitrogens with zero attached hydrogens (tertiary/aromatic N) is 2. The smallest absolute Gasteiger partial charge is 0.237 e. The Bertz CT molecular complexity index is 729. The molecule has 1 N–H and O–H groups in total. The number of piperazine rings is 1. The van der Waals surface area contributed by atoms with Crippen molar-refractivity contribution >= 4 is 29.1 Å². The van der Waals surface area contributed by atoms with Crippen molar-refractivity contribution < 1.29 is 14.5 Å². The fourth-order valence-electron chi connectivity index (χ4n) is 4.39. The van der Waals surface area contributed by atoms with Crippen molar-refractivity contribution in [3.8, 4) is 0 Å². The highest BCUT2D eigenvalue weighted by molar-refractivity contribution is 6.30. The highest BCUT2D eigenvalue weighted by atomic mass is 35.5. The molecule has 6 heteroatoms. The van der Waals surface area contributed by atoms with Crippen LogP contribution in [0, 0.1) is 18.8 Å². The number of quaternary nitrogens is 1. The van der Waals surface area contributed by atoms with Crippen LogP contribution < -0.4 is 9.80 Å². The maximum Gasteiger partial charge on any atom is 0.237 e. The monoisotopic (exact) mass is 374 g/mol. The Morgan fingerprint density at radius 1 is 1.08 bits per heavy atom. The summed E-state index contributed by atoms with van der Waals surface area (Å²) in [6.45, 7) is 6.24. The van der Waals surface area contributed by atoms with E-state index in [1.807, 2.05) is 30.4 Å². The zero-order chi connectivity index (χ0) is 18.3. The number of halogens is 1. The van der Waals surface area contributed by atoms with Gasteiger partial charge in [0, 0.05) is 10.7 Å². The van der Waals surface area contributed by atoms with E-state index >= 15 is 0 Å². The first-order chi connectivity index (χ1) is 12.5. The Morgan fingerprint density at radius 2 is 1.69 bits per heavy atom. The van der Waals surface area contributed by atoms with Crippen molar-refractivity contribution in [3.63, 3.8) is 0 Å². The van der Waals surface area contributed by atoms with Gasteiger partial charge >= 0.3 is 0 Å². The van der Waals surface area contributed by atoms with Gasteiger partial charge in [-0.05, 0) is 37.5 Å². The summed E-state index contributed by atoms with van der Waals surface area (Å²) in [6.07, 6.45) is 5.50. The average molecular weight is 375 g/mol. The highest BCUT2D eigenvalue weighted by Crippen LogP contribution is 2.34. The third kappa shape index (κ3) is 3.14. The minimum Gasteiger partial charge on any atom is -0.360 e. The summed E-state index contributed by atoms with van der Waals surface area (Å²) in [7, 11) is 0. The van der Waals surface area contributed by atoms with E-state index in [2.05, 4.69) is 11.8 Å². The number of imide groups is 1. The van der Waals surface area contributed by atoms with E-state index in [9.17, 15) is 9.59 Å². The van der Waals surface area contributed by atoms with Crippen molar-refractivity contribution in [3.05, 3.63) is 40.9 Å². The number of hydrogen-bond donors (Lipinski definition) is 1. The van der Waals surface area contributed by atoms with Crippen molar-refractivity contribution in [1.29, 1.82) is 0 Å². The van der Waals surface area contributed by atoms with Crippen LogP contribution in [0.1, 0.15) is 18.4 Å². The van der Waals surface area contributed by atoms with E-state index < -0.39 is 0 Å². The fraction of sp³-hybridized carbons (Fsp3) is 0.500. The van der Waals surface area contributed by atoms with Gasteiger partial charge in [-0.15, -0.1) is 0 Å². The van der Waals surface area contributed by atoms with Crippen LogP contribution >= 0.6 is 11.6 Å². The molecular formula is C20H25ClN3O2+. The van der Waals surface area contributed by atoms with Crippen LogP contribution in [0.4, 0.5) is 5.69 Å². The number of carbonyl (C=O) groups is 2. The van der Waals surface area contributed by atoms with Gasteiger partial charge in [0.1, 0.15) is 0 Å². The molecule has 2 atom stereocenters. The van der Waals surface area contributed by atoms with Gasteiger partial charge in [0.2, 0.25) is 11.8 Å². The molecule has 1 aromatic rings. The van der Waals surface area contributed by atoms with Crippen molar-refractivity contribution in [1.82, 2.24) is 4.90 Å². The largest absolute Gasteiger partial charge is 0.360 e. The lowest BCUT2D eigenvalue weighted by atomic mass is 9.85. The predicted octanol–water partition coefficient (Wildman–Crippen LogP) is 1.26. The number of likely N-dealkylation sites (tertiary alicyclic amines) is 1. The van der Waals surface area contributed by atoms with Crippen molar-refractivity contribution in [2.75, 3.05) is 37.7 Å². The Morgan fingerprint density at radius 3 is 2.31 bits per heavy atom. The number of benzene rings is 1. The van der Waals surface area contributed by atoms with Gasteiger partial charge in [-0.3, -0.25) is 9.59 Å². The van der Waals surface area contributed by atoms with Gasteiger partial charge in [0.25, 0.3) is 0 Å². The van der Waals surface area contributed by atoms with Crippen LogP contribution in [0.3, 0.4) is 0 Å². The molecule has 2 aliphatic heterocycles. The molecule has 5 nitrogen and oxygen atoms in total. The second-order valence-electron chi connectivity index (χ2n) is 7.59. The molecule has 0 aromatic heterocycles. The maximum atomic E-state index is 12.6. The minimum atomic E-state index is -0.123. The van der Waals surface area contributed by atoms with E-state index in [1.54, 1.807) is 0 Å². The summed E-state index contributed by atoms with van der Waals surface area (Å²) in [5.74, 6) is -0.181. The van der Waals surface area contributed by atoms with Crippen LogP contribution in [0.2, 0.25) is 5.02 Å². The Hall–Kier alpha value is -1.85. The SMILES string of the molecule is Cc1ccc(Cl)cc1N1CC[NH+](CN2C(=O)[C@@H]3CC=CC[C@H]3C2=O)CC1. The van der Waals surface area contributed by atoms with E-state index in [1.165, 1.54) is 21.1 Å². The quantitative estimate of drug-likeness (QED) is 0.640. The molecule has 2 fully saturated rings. The number of carbonyl (C=O) groups excluding carboxylic acids is 2. The lowest BCUT2D eigenvalue weighted by molar-refractivity contribution is -0.908. The zero-order valence-electron chi connectivity index (χ0n) is 15.1. The third-order valence-electron chi connectivity index (χ3n) is 5.96. The lowest BCUT2D eigenvalue weighted by Gasteiger charge is -2.35. The standard InChI is InChI=1S/C20H24ClN3O2/c1-14-6-7-15(21)12-18(14)23-10-8-22(9-11-23)13-24-19(25)16-4-2-3-5-17(16)20(24)26/h2-3,6-7,12,16-17H,4-5,8-11,13H2,1H3/p+1/t16-,17-/m1/s1. The summed E-state index contributed by atoms with van der Waals surface area (Å²) >= 11 is 6.15. The van der Waals surface area contributed by atoms with Crippen LogP contribution in [0.15, 0.2) is 30.4 Å². The summed E-state index contributed by atoms with van der Waals surface area (Å²) in [4.78, 5) is 30.4. The maximum absolute atomic E-state index is 12.6. The topological polar surface area (TPSA) is 45.1 Å². The van der Waals surface area contributed by atoms with Crippen molar-refractivity contribution in [2.24, 2.45) is 11.8 Å². The molecule has 2 heterocycles. The van der Waals surface area contributed by atoms with Gasteiger partial charge in [0.15, 0.2) is 6.67 Å². The first-order valence-electron chi connectivity index (χ1n) is 9.39. The minimum absolute atomic E-state index is 0.0324. The Balaban J connectivity index is 1.38. The van der Waals surface area contributed by atoms with Gasteiger partial charge in [0.05, 0.1) is 38.0 Å². The number of allylic oxidation sites excluding steroid dienone is 2. The molecule has 0 bridgehead atoms. The lowest BCUT2D eigenvalue weighted by Crippen LogP contribution is -3.16. The molecule has 0 radical (unpaired) electrons. The van der Waals surface area contributed by atoms with Gasteiger partial charge in [-0.25, -0.2) is 4.90 Å². The Kier molecular flexibility index (Phi) is 4.76. The molecule has 2 saturated heterocycles. The number of rotatable bonds is 3. The van der Waals surface area contributed by atoms with E-state index in [0.717, 1.165) is 31.2 Å². The number of nitrogens with one attached hydrogen (secondary N) is 1. The zero-order valence-corrected chi connectivity index (χ0v) is 15.8. The fourth-order valence-corrected chi connectivity index (χ4v) is 4.56. The molecule has 1 aromatic carbocycles. The van der Waals surface area contributed by atoms with Gasteiger partial charge < -0.3 is 9.80 Å². The molecule has 3 aliphatic rings. The molecule has 4 rings (SSSR count). The van der Waals surface area contributed by atoms with Crippen LogP contribution in [0.25, 0.3) is 0 Å². The third-order valence-corrected chi connectivity index (χ3v) is 6.20. The molecule has 0 saturated carbocycles. The first-order valence-corrected chi connectivity index (χ1v) is 9.77. The number of amides is 2. The number of aryl methyl sites for hydroxylation is 1. The second-order valence-corrected chi connectivity index (χ2v) is 8.02. The van der Waals surface area contributed by atoms with E-state index in [4.69, 9.17) is 11.6 Å². The molecular weight excluding hydrogens is 350 g/mol. The van der Waals surface area contributed by atoms with Gasteiger partial charge in [-0.1, -0.05) is 29.8 Å². The van der Waals surface area contributed by atoms with Gasteiger partial charge in [-0.2, -0.15) is 0 Å². The molecule has 1 aliphatic carbocycles. The van der Waals surface area contributed by atoms with E-state index in [-0.39, 0.29) is 23.7 Å². The Labute approximate surface area is 159 Å². The number of anilines is 1. The van der Waals surface area contributed by atoms with E-state index in [0.29, 0.717) is 19.5 Å². The molecule has 138 valence electrons. The van der Waals surface area contributed by atoms with Crippen LogP contribution in [0.5, 0.6) is 0 Å². The highest BCUT2D eigenvalue weighted by Gasteiger charge is 2.48. The second kappa shape index (κ2) is 7.05. The summed E-state index contributed by atoms with van der Waals surface area (Å²) in [5.41, 5.74) is 2.40. The average Bonchev–Trinajstić information content (AvgIpc) is 2.90. The predicted molar refractivity (Wildman–Crippen MR) is 101 cm³/mol. The normalized spacial score (nSPS) is 26.5. The molecule has 0 unspecified atom stereocenters. The number of hydrogen-bond acceptors (Lipinski definition) is 3. The van der Waals surface area contributed by atoms with Crippen molar-refractivity contribution in [2.45, 2.75) is 19.8 Å².